The van der Waals surface area contributed by atoms with Crippen LogP contribution in [0, 0.1) is 17.0 Å². The van der Waals surface area contributed by atoms with Gasteiger partial charge in [-0.1, -0.05) is 18.2 Å². The third kappa shape index (κ3) is 4.17. The lowest BCUT2D eigenvalue weighted by Gasteiger charge is -2.23. The quantitative estimate of drug-likeness (QED) is 0.503. The molecular weight excluding hydrogens is 400 g/mol. The van der Waals surface area contributed by atoms with Crippen molar-refractivity contribution in [3.05, 3.63) is 76.5 Å². The number of para-hydroxylation sites is 1. The molecule has 3 aromatic rings. The number of rotatable bonds is 5. The van der Waals surface area contributed by atoms with Crippen molar-refractivity contribution in [1.29, 1.82) is 0 Å². The van der Waals surface area contributed by atoms with Crippen molar-refractivity contribution in [2.24, 2.45) is 5.10 Å². The second kappa shape index (κ2) is 8.19. The predicted octanol–water partition coefficient (Wildman–Crippen LogP) is 3.21. The average molecular weight is 418 g/mol. The monoisotopic (exact) mass is 418 g/mol. The minimum Gasteiger partial charge on any atom is -0.305 e. The molecule has 0 bridgehead atoms. The van der Waals surface area contributed by atoms with Gasteiger partial charge in [0.05, 0.1) is 22.0 Å². The van der Waals surface area contributed by atoms with Crippen molar-refractivity contribution < 1.29 is 14.5 Å². The topological polar surface area (TPSA) is 123 Å². The van der Waals surface area contributed by atoms with Crippen molar-refractivity contribution in [3.63, 3.8) is 0 Å². The Kier molecular flexibility index (Phi) is 5.27. The number of nitro groups is 1. The van der Waals surface area contributed by atoms with Gasteiger partial charge in [0.1, 0.15) is 11.5 Å². The number of nitrogens with one attached hydrogen (secondary N) is 1. The maximum atomic E-state index is 12.9. The number of non-ortho nitro benzene ring substituents is 1. The molecule has 1 aliphatic rings. The van der Waals surface area contributed by atoms with Gasteiger partial charge in [0.2, 0.25) is 5.91 Å². The zero-order valence-corrected chi connectivity index (χ0v) is 16.6. The number of carbonyl (C=O) groups is 2. The lowest BCUT2D eigenvalue weighted by atomic mass is 10.1. The highest BCUT2D eigenvalue weighted by atomic mass is 16.6. The van der Waals surface area contributed by atoms with Crippen LogP contribution in [0.4, 0.5) is 17.2 Å². The van der Waals surface area contributed by atoms with E-state index in [9.17, 15) is 19.7 Å². The van der Waals surface area contributed by atoms with Gasteiger partial charge in [0.25, 0.3) is 11.6 Å². The highest BCUT2D eigenvalue weighted by Crippen LogP contribution is 2.22. The number of hydrazone groups is 1. The molecule has 0 spiro atoms. The van der Waals surface area contributed by atoms with E-state index < -0.39 is 10.8 Å². The molecule has 0 saturated carbocycles. The van der Waals surface area contributed by atoms with Crippen LogP contribution in [0.3, 0.4) is 0 Å². The first-order valence-corrected chi connectivity index (χ1v) is 9.51. The van der Waals surface area contributed by atoms with E-state index in [2.05, 4.69) is 15.5 Å². The summed E-state index contributed by atoms with van der Waals surface area (Å²) in [6, 6.07) is 16.4. The molecule has 10 nitrogen and oxygen atoms in total. The minimum atomic E-state index is -0.484. The van der Waals surface area contributed by atoms with Crippen LogP contribution in [0.5, 0.6) is 0 Å². The smallest absolute Gasteiger partial charge is 0.273 e. The van der Waals surface area contributed by atoms with E-state index in [4.69, 9.17) is 0 Å². The van der Waals surface area contributed by atoms with E-state index in [1.165, 1.54) is 21.8 Å². The van der Waals surface area contributed by atoms with Crippen molar-refractivity contribution in [3.8, 4) is 5.69 Å². The molecular formula is C21H18N6O4. The zero-order valence-electron chi connectivity index (χ0n) is 16.6. The summed E-state index contributed by atoms with van der Waals surface area (Å²) in [6.45, 7) is 1.77. The molecule has 1 aliphatic heterocycles. The normalized spacial score (nSPS) is 13.6. The number of anilines is 2. The van der Waals surface area contributed by atoms with Crippen LogP contribution < -0.4 is 10.3 Å². The molecule has 0 aliphatic carbocycles. The van der Waals surface area contributed by atoms with E-state index in [0.717, 1.165) is 0 Å². The molecule has 1 aromatic heterocycles. The van der Waals surface area contributed by atoms with E-state index in [0.29, 0.717) is 22.9 Å². The SMILES string of the molecule is Cc1cc(NC(=O)C2=NN(c3ccccc3)C(=O)CC2)n(-c2ccc([N+](=O)[O-])cc2)n1. The van der Waals surface area contributed by atoms with Crippen LogP contribution in [0.15, 0.2) is 65.8 Å². The second-order valence-corrected chi connectivity index (χ2v) is 6.90. The second-order valence-electron chi connectivity index (χ2n) is 6.90. The number of benzene rings is 2. The molecule has 156 valence electrons. The highest BCUT2D eigenvalue weighted by molar-refractivity contribution is 6.44. The van der Waals surface area contributed by atoms with E-state index in [-0.39, 0.29) is 30.1 Å². The number of carbonyl (C=O) groups excluding carboxylic acids is 2. The van der Waals surface area contributed by atoms with E-state index >= 15 is 0 Å². The molecule has 1 N–H and O–H groups in total. The van der Waals surface area contributed by atoms with Crippen molar-refractivity contribution in [1.82, 2.24) is 9.78 Å². The Morgan fingerprint density at radius 2 is 1.77 bits per heavy atom. The van der Waals surface area contributed by atoms with Gasteiger partial charge in [-0.3, -0.25) is 19.7 Å². The number of aromatic nitrogens is 2. The Labute approximate surface area is 176 Å². The Hall–Kier alpha value is -4.34. The first kappa shape index (κ1) is 20.0. The molecule has 0 unspecified atom stereocenters. The van der Waals surface area contributed by atoms with Crippen LogP contribution in [-0.2, 0) is 9.59 Å². The fraction of sp³-hybridized carbons (Fsp3) is 0.143. The number of nitro benzene ring substituents is 1. The Morgan fingerprint density at radius 3 is 2.45 bits per heavy atom. The van der Waals surface area contributed by atoms with Gasteiger partial charge in [-0.05, 0) is 31.2 Å². The van der Waals surface area contributed by atoms with E-state index in [1.807, 2.05) is 6.07 Å². The number of amides is 2. The first-order chi connectivity index (χ1) is 14.9. The molecule has 2 aromatic carbocycles. The van der Waals surface area contributed by atoms with Crippen molar-refractivity contribution in [2.45, 2.75) is 19.8 Å². The summed E-state index contributed by atoms with van der Waals surface area (Å²) >= 11 is 0. The van der Waals surface area contributed by atoms with Gasteiger partial charge in [0.15, 0.2) is 0 Å². The van der Waals surface area contributed by atoms with Crippen LogP contribution in [-0.4, -0.2) is 32.2 Å². The van der Waals surface area contributed by atoms with Gasteiger partial charge in [-0.2, -0.15) is 10.2 Å². The third-order valence-electron chi connectivity index (χ3n) is 4.67. The van der Waals surface area contributed by atoms with Gasteiger partial charge in [-0.25, -0.2) is 9.69 Å². The highest BCUT2D eigenvalue weighted by Gasteiger charge is 2.26. The summed E-state index contributed by atoms with van der Waals surface area (Å²) in [4.78, 5) is 35.5. The lowest BCUT2D eigenvalue weighted by Crippen LogP contribution is -2.36. The molecule has 0 fully saturated rings. The predicted molar refractivity (Wildman–Crippen MR) is 114 cm³/mol. The summed E-state index contributed by atoms with van der Waals surface area (Å²) in [7, 11) is 0. The van der Waals surface area contributed by atoms with Crippen LogP contribution >= 0.6 is 0 Å². The lowest BCUT2D eigenvalue weighted by molar-refractivity contribution is -0.384. The largest absolute Gasteiger partial charge is 0.305 e. The number of hydrogen-bond donors (Lipinski definition) is 1. The van der Waals surface area contributed by atoms with E-state index in [1.54, 1.807) is 49.4 Å². The molecule has 31 heavy (non-hydrogen) atoms. The number of aryl methyl sites for hydroxylation is 1. The Bertz CT molecular complexity index is 1180. The Balaban J connectivity index is 1.59. The molecule has 0 saturated heterocycles. The van der Waals surface area contributed by atoms with Gasteiger partial charge >= 0.3 is 0 Å². The number of nitrogens with zero attached hydrogens (tertiary/aromatic N) is 5. The summed E-state index contributed by atoms with van der Waals surface area (Å²) in [6.07, 6.45) is 0.389. The average Bonchev–Trinajstić information content (AvgIpc) is 3.14. The van der Waals surface area contributed by atoms with Crippen molar-refractivity contribution in [2.75, 3.05) is 10.3 Å². The standard InChI is InChI=1S/C21H18N6O4/c1-14-13-19(25(23-14)16-7-9-17(10-8-16)27(30)31)22-21(29)18-11-12-20(28)26(24-18)15-5-3-2-4-6-15/h2-10,13H,11-12H2,1H3,(H,22,29). The zero-order chi connectivity index (χ0) is 22.0. The third-order valence-corrected chi connectivity index (χ3v) is 4.67. The minimum absolute atomic E-state index is 0.0413. The molecule has 2 amide bonds. The molecule has 0 radical (unpaired) electrons. The molecule has 2 heterocycles. The maximum absolute atomic E-state index is 12.9. The summed E-state index contributed by atoms with van der Waals surface area (Å²) in [5.74, 6) is -0.242. The maximum Gasteiger partial charge on any atom is 0.273 e. The summed E-state index contributed by atoms with van der Waals surface area (Å²) in [5.41, 5.74) is 1.98. The Morgan fingerprint density at radius 1 is 1.06 bits per heavy atom. The van der Waals surface area contributed by atoms with Gasteiger partial charge in [0, 0.05) is 31.0 Å². The molecule has 10 heteroatoms. The molecule has 4 rings (SSSR count). The summed E-state index contributed by atoms with van der Waals surface area (Å²) in [5, 5.41) is 23.5. The fourth-order valence-corrected chi connectivity index (χ4v) is 3.18. The van der Waals surface area contributed by atoms with Crippen molar-refractivity contribution >= 4 is 34.7 Å². The summed E-state index contributed by atoms with van der Waals surface area (Å²) < 4.78 is 1.49. The van der Waals surface area contributed by atoms with Gasteiger partial charge in [-0.15, -0.1) is 0 Å². The molecule has 0 atom stereocenters. The van der Waals surface area contributed by atoms with Gasteiger partial charge < -0.3 is 5.32 Å². The fourth-order valence-electron chi connectivity index (χ4n) is 3.18. The van der Waals surface area contributed by atoms with Crippen LogP contribution in [0.2, 0.25) is 0 Å². The first-order valence-electron chi connectivity index (χ1n) is 9.51. The van der Waals surface area contributed by atoms with Crippen LogP contribution in [0.1, 0.15) is 18.5 Å². The number of hydrogen-bond acceptors (Lipinski definition) is 6. The van der Waals surface area contributed by atoms with Crippen LogP contribution in [0.25, 0.3) is 5.69 Å².